The van der Waals surface area contributed by atoms with E-state index < -0.39 is 5.41 Å². The molecule has 1 amide bonds. The quantitative estimate of drug-likeness (QED) is 0.719. The molecule has 2 N–H and O–H groups in total. The zero-order valence-corrected chi connectivity index (χ0v) is 14.6. The molecule has 2 aromatic carbocycles. The Bertz CT molecular complexity index is 899. The smallest absolute Gasteiger partial charge is 0.234 e. The Hall–Kier alpha value is -2.46. The molecule has 124 valence electrons. The summed E-state index contributed by atoms with van der Waals surface area (Å²) in [6.07, 6.45) is 1.87. The van der Waals surface area contributed by atoms with Crippen LogP contribution in [0.4, 0.5) is 5.69 Å². The largest absolute Gasteiger partial charge is 0.497 e. The molecule has 0 bridgehead atoms. The summed E-state index contributed by atoms with van der Waals surface area (Å²) in [6.45, 7) is 3.79. The van der Waals surface area contributed by atoms with Crippen molar-refractivity contribution in [2.24, 2.45) is 0 Å². The molecular formula is C19H19ClN2O2. The average Bonchev–Trinajstić information content (AvgIpc) is 2.98. The molecule has 0 aliphatic rings. The van der Waals surface area contributed by atoms with Crippen molar-refractivity contribution in [2.75, 3.05) is 12.4 Å². The Kier molecular flexibility index (Phi) is 4.24. The number of methoxy groups -OCH3 is 1. The van der Waals surface area contributed by atoms with Gasteiger partial charge < -0.3 is 15.0 Å². The third kappa shape index (κ3) is 2.97. The highest BCUT2D eigenvalue weighted by molar-refractivity contribution is 6.31. The number of amides is 1. The molecule has 0 aliphatic heterocycles. The van der Waals surface area contributed by atoms with E-state index in [1.54, 1.807) is 13.2 Å². The summed E-state index contributed by atoms with van der Waals surface area (Å²) in [5.41, 5.74) is 1.83. The number of ether oxygens (including phenoxy) is 1. The normalized spacial score (nSPS) is 11.5. The predicted octanol–water partition coefficient (Wildman–Crippen LogP) is 4.75. The summed E-state index contributed by atoms with van der Waals surface area (Å²) >= 11 is 6.11. The fourth-order valence-electron chi connectivity index (χ4n) is 2.72. The fraction of sp³-hybridized carbons (Fsp3) is 0.211. The molecule has 24 heavy (non-hydrogen) atoms. The number of halogens is 1. The van der Waals surface area contributed by atoms with Crippen LogP contribution in [0.2, 0.25) is 5.02 Å². The van der Waals surface area contributed by atoms with Crippen molar-refractivity contribution in [3.8, 4) is 5.75 Å². The zero-order chi connectivity index (χ0) is 17.3. The van der Waals surface area contributed by atoms with Gasteiger partial charge in [-0.25, -0.2) is 0 Å². The average molecular weight is 343 g/mol. The van der Waals surface area contributed by atoms with Gasteiger partial charge >= 0.3 is 0 Å². The molecular weight excluding hydrogens is 324 g/mol. The number of benzene rings is 2. The van der Waals surface area contributed by atoms with E-state index in [-0.39, 0.29) is 5.91 Å². The molecule has 3 aromatic rings. The van der Waals surface area contributed by atoms with Crippen LogP contribution in [0.3, 0.4) is 0 Å². The lowest BCUT2D eigenvalue weighted by molar-refractivity contribution is -0.120. The molecule has 0 fully saturated rings. The third-order valence-corrected chi connectivity index (χ3v) is 4.45. The molecule has 0 saturated heterocycles. The fourth-order valence-corrected chi connectivity index (χ4v) is 2.89. The second-order valence-electron chi connectivity index (χ2n) is 6.20. The van der Waals surface area contributed by atoms with Gasteiger partial charge in [-0.3, -0.25) is 4.79 Å². The van der Waals surface area contributed by atoms with Gasteiger partial charge in [-0.15, -0.1) is 0 Å². The first kappa shape index (κ1) is 16.4. The van der Waals surface area contributed by atoms with Gasteiger partial charge in [0.15, 0.2) is 0 Å². The molecule has 4 nitrogen and oxygen atoms in total. The van der Waals surface area contributed by atoms with Gasteiger partial charge in [0, 0.05) is 33.9 Å². The van der Waals surface area contributed by atoms with Gasteiger partial charge in [-0.1, -0.05) is 17.7 Å². The van der Waals surface area contributed by atoms with Crippen molar-refractivity contribution in [1.82, 2.24) is 4.98 Å². The highest BCUT2D eigenvalue weighted by Crippen LogP contribution is 2.33. The minimum absolute atomic E-state index is 0.100. The number of carbonyl (C=O) groups excluding carboxylic acids is 1. The van der Waals surface area contributed by atoms with Crippen molar-refractivity contribution in [1.29, 1.82) is 0 Å². The lowest BCUT2D eigenvalue weighted by atomic mass is 9.83. The van der Waals surface area contributed by atoms with Gasteiger partial charge in [0.2, 0.25) is 5.91 Å². The van der Waals surface area contributed by atoms with Crippen LogP contribution in [0.15, 0.2) is 48.7 Å². The monoisotopic (exact) mass is 342 g/mol. The first-order chi connectivity index (χ1) is 11.4. The van der Waals surface area contributed by atoms with E-state index in [0.29, 0.717) is 16.5 Å². The Balaban J connectivity index is 1.93. The number of H-pyrrole nitrogens is 1. The summed E-state index contributed by atoms with van der Waals surface area (Å²) < 4.78 is 5.19. The highest BCUT2D eigenvalue weighted by Gasteiger charge is 2.32. The molecule has 0 atom stereocenters. The lowest BCUT2D eigenvalue weighted by Crippen LogP contribution is -2.34. The third-order valence-electron chi connectivity index (χ3n) is 4.21. The van der Waals surface area contributed by atoms with Crippen LogP contribution < -0.4 is 10.1 Å². The number of rotatable bonds is 4. The summed E-state index contributed by atoms with van der Waals surface area (Å²) in [5, 5.41) is 4.56. The van der Waals surface area contributed by atoms with Gasteiger partial charge in [0.1, 0.15) is 5.75 Å². The molecule has 0 saturated carbocycles. The second-order valence-corrected chi connectivity index (χ2v) is 6.64. The molecule has 0 spiro atoms. The van der Waals surface area contributed by atoms with E-state index in [2.05, 4.69) is 10.3 Å². The van der Waals surface area contributed by atoms with E-state index in [4.69, 9.17) is 16.3 Å². The number of aromatic nitrogens is 1. The van der Waals surface area contributed by atoms with E-state index in [1.807, 2.05) is 56.4 Å². The second kappa shape index (κ2) is 6.21. The highest BCUT2D eigenvalue weighted by atomic mass is 35.5. The van der Waals surface area contributed by atoms with Crippen LogP contribution in [-0.4, -0.2) is 18.0 Å². The minimum atomic E-state index is -0.730. The van der Waals surface area contributed by atoms with E-state index in [1.165, 1.54) is 0 Å². The maximum Gasteiger partial charge on any atom is 0.234 e. The topological polar surface area (TPSA) is 54.1 Å². The molecule has 5 heteroatoms. The summed E-state index contributed by atoms with van der Waals surface area (Å²) in [4.78, 5) is 16.1. The first-order valence-corrected chi connectivity index (χ1v) is 8.02. The van der Waals surface area contributed by atoms with Gasteiger partial charge in [0.05, 0.1) is 12.5 Å². The van der Waals surface area contributed by atoms with E-state index in [9.17, 15) is 4.79 Å². The Labute approximate surface area is 145 Å². The van der Waals surface area contributed by atoms with Gasteiger partial charge in [-0.05, 0) is 49.7 Å². The number of hydrogen-bond acceptors (Lipinski definition) is 2. The van der Waals surface area contributed by atoms with Crippen LogP contribution in [0.25, 0.3) is 10.9 Å². The standard InChI is InChI=1S/C19H19ClN2O2/c1-19(2,16-11-21-17-8-7-12(20)9-15(16)17)18(23)22-13-5-4-6-14(10-13)24-3/h4-11,21H,1-3H3,(H,22,23). The van der Waals surface area contributed by atoms with Crippen LogP contribution in [0.5, 0.6) is 5.75 Å². The van der Waals surface area contributed by atoms with Crippen LogP contribution >= 0.6 is 11.6 Å². The molecule has 0 aliphatic carbocycles. The van der Waals surface area contributed by atoms with Crippen molar-refractivity contribution in [3.63, 3.8) is 0 Å². The van der Waals surface area contributed by atoms with E-state index in [0.717, 1.165) is 16.5 Å². The lowest BCUT2D eigenvalue weighted by Gasteiger charge is -2.23. The van der Waals surface area contributed by atoms with Crippen LogP contribution in [-0.2, 0) is 10.2 Å². The number of hydrogen-bond donors (Lipinski definition) is 2. The first-order valence-electron chi connectivity index (χ1n) is 7.64. The molecule has 1 aromatic heterocycles. The van der Waals surface area contributed by atoms with Gasteiger partial charge in [-0.2, -0.15) is 0 Å². The SMILES string of the molecule is COc1cccc(NC(=O)C(C)(C)c2c[nH]c3ccc(Cl)cc23)c1. The Morgan fingerprint density at radius 1 is 1.21 bits per heavy atom. The van der Waals surface area contributed by atoms with Crippen molar-refractivity contribution in [3.05, 3.63) is 59.2 Å². The number of carbonyl (C=O) groups is 1. The molecule has 0 unspecified atom stereocenters. The number of aromatic amines is 1. The summed E-state index contributed by atoms with van der Waals surface area (Å²) in [5.74, 6) is 0.598. The number of fused-ring (bicyclic) bond motifs is 1. The number of nitrogens with one attached hydrogen (secondary N) is 2. The van der Waals surface area contributed by atoms with Gasteiger partial charge in [0.25, 0.3) is 0 Å². The maximum absolute atomic E-state index is 12.9. The molecule has 1 heterocycles. The van der Waals surface area contributed by atoms with E-state index >= 15 is 0 Å². The molecule has 0 radical (unpaired) electrons. The molecule has 3 rings (SSSR count). The zero-order valence-electron chi connectivity index (χ0n) is 13.8. The van der Waals surface area contributed by atoms with Crippen LogP contribution in [0.1, 0.15) is 19.4 Å². The summed E-state index contributed by atoms with van der Waals surface area (Å²) in [6, 6.07) is 12.9. The van der Waals surface area contributed by atoms with Crippen molar-refractivity contribution >= 4 is 34.1 Å². The van der Waals surface area contributed by atoms with Crippen molar-refractivity contribution in [2.45, 2.75) is 19.3 Å². The Morgan fingerprint density at radius 2 is 2.00 bits per heavy atom. The van der Waals surface area contributed by atoms with Crippen LogP contribution in [0, 0.1) is 0 Å². The number of anilines is 1. The summed E-state index contributed by atoms with van der Waals surface area (Å²) in [7, 11) is 1.60. The maximum atomic E-state index is 12.9. The Morgan fingerprint density at radius 3 is 2.75 bits per heavy atom. The minimum Gasteiger partial charge on any atom is -0.497 e. The predicted molar refractivity (Wildman–Crippen MR) is 98.0 cm³/mol. The van der Waals surface area contributed by atoms with Crippen molar-refractivity contribution < 1.29 is 9.53 Å².